The van der Waals surface area contributed by atoms with Crippen LogP contribution in [0.2, 0.25) is 0 Å². The number of ether oxygens (including phenoxy) is 1. The molecule has 0 unspecified atom stereocenters. The minimum absolute atomic E-state index is 0.0107. The summed E-state index contributed by atoms with van der Waals surface area (Å²) in [5.41, 5.74) is -0.405. The second kappa shape index (κ2) is 4.75. The molecule has 0 bridgehead atoms. The Balaban J connectivity index is 2.40. The number of amides is 1. The Labute approximate surface area is 85.1 Å². The first-order valence-electron chi connectivity index (χ1n) is 5.03. The lowest BCUT2D eigenvalue weighted by Crippen LogP contribution is -2.40. The van der Waals surface area contributed by atoms with Gasteiger partial charge in [-0.1, -0.05) is 0 Å². The van der Waals surface area contributed by atoms with Crippen molar-refractivity contribution in [2.24, 2.45) is 0 Å². The summed E-state index contributed by atoms with van der Waals surface area (Å²) in [6.45, 7) is 5.15. The average molecular weight is 201 g/mol. The van der Waals surface area contributed by atoms with E-state index in [1.165, 1.54) is 5.06 Å². The Morgan fingerprint density at radius 3 is 2.71 bits per heavy atom. The topological polar surface area (TPSA) is 38.8 Å². The van der Waals surface area contributed by atoms with Crippen LogP contribution in [0.3, 0.4) is 0 Å². The summed E-state index contributed by atoms with van der Waals surface area (Å²) in [7, 11) is 1.62. The summed E-state index contributed by atoms with van der Waals surface area (Å²) in [6.07, 6.45) is 2.43. The zero-order valence-electron chi connectivity index (χ0n) is 9.21. The predicted octanol–water partition coefficient (Wildman–Crippen LogP) is 1.36. The minimum Gasteiger partial charge on any atom is -0.378 e. The first kappa shape index (κ1) is 11.5. The summed E-state index contributed by atoms with van der Waals surface area (Å²) >= 11 is 0. The minimum atomic E-state index is -0.405. The molecule has 1 heterocycles. The molecule has 0 N–H and O–H groups in total. The van der Waals surface area contributed by atoms with Crippen molar-refractivity contribution in [3.63, 3.8) is 0 Å². The van der Waals surface area contributed by atoms with Gasteiger partial charge in [-0.2, -0.15) is 0 Å². The van der Waals surface area contributed by atoms with Gasteiger partial charge in [0.25, 0.3) is 0 Å². The van der Waals surface area contributed by atoms with E-state index in [1.54, 1.807) is 7.11 Å². The van der Waals surface area contributed by atoms with Gasteiger partial charge < -0.3 is 4.74 Å². The number of hydrogen-bond acceptors (Lipinski definition) is 3. The van der Waals surface area contributed by atoms with Crippen LogP contribution < -0.4 is 0 Å². The van der Waals surface area contributed by atoms with E-state index in [1.807, 2.05) is 13.8 Å². The second-order valence-electron chi connectivity index (χ2n) is 4.18. The maximum atomic E-state index is 11.7. The van der Waals surface area contributed by atoms with Gasteiger partial charge in [0.1, 0.15) is 0 Å². The van der Waals surface area contributed by atoms with Gasteiger partial charge in [-0.3, -0.25) is 9.63 Å². The zero-order valence-corrected chi connectivity index (χ0v) is 9.21. The number of carbonyl (C=O) groups is 1. The van der Waals surface area contributed by atoms with E-state index in [0.717, 1.165) is 12.8 Å². The van der Waals surface area contributed by atoms with Crippen molar-refractivity contribution in [1.29, 1.82) is 0 Å². The van der Waals surface area contributed by atoms with E-state index in [4.69, 9.17) is 9.57 Å². The van der Waals surface area contributed by atoms with Crippen LogP contribution in [0.1, 0.15) is 33.1 Å². The molecule has 0 saturated carbocycles. The van der Waals surface area contributed by atoms with Crippen LogP contribution in [0.25, 0.3) is 0 Å². The molecule has 1 fully saturated rings. The fourth-order valence-electron chi connectivity index (χ4n) is 1.32. The smallest absolute Gasteiger partial charge is 0.248 e. The molecular formula is C10H19NO3. The maximum Gasteiger partial charge on any atom is 0.248 e. The van der Waals surface area contributed by atoms with Gasteiger partial charge in [-0.25, -0.2) is 5.06 Å². The Morgan fingerprint density at radius 1 is 1.50 bits per heavy atom. The molecule has 82 valence electrons. The van der Waals surface area contributed by atoms with Gasteiger partial charge in [0.15, 0.2) is 0 Å². The summed E-state index contributed by atoms with van der Waals surface area (Å²) in [5, 5.41) is 1.46. The highest BCUT2D eigenvalue weighted by Gasteiger charge is 2.26. The molecule has 1 rings (SSSR count). The van der Waals surface area contributed by atoms with Gasteiger partial charge in [-0.15, -0.1) is 0 Å². The zero-order chi connectivity index (χ0) is 10.6. The molecule has 0 aromatic rings. The van der Waals surface area contributed by atoms with Crippen molar-refractivity contribution in [3.05, 3.63) is 0 Å². The third-order valence-electron chi connectivity index (χ3n) is 2.41. The average Bonchev–Trinajstić information content (AvgIpc) is 2.19. The van der Waals surface area contributed by atoms with Crippen LogP contribution in [0, 0.1) is 0 Å². The first-order valence-corrected chi connectivity index (χ1v) is 5.03. The lowest BCUT2D eigenvalue weighted by molar-refractivity contribution is -0.200. The molecule has 1 saturated heterocycles. The Bertz CT molecular complexity index is 198. The number of carbonyl (C=O) groups excluding carboxylic acids is 1. The monoisotopic (exact) mass is 201 g/mol. The van der Waals surface area contributed by atoms with Crippen LogP contribution in [0.5, 0.6) is 0 Å². The van der Waals surface area contributed by atoms with E-state index in [2.05, 4.69) is 0 Å². The fourth-order valence-corrected chi connectivity index (χ4v) is 1.32. The highest BCUT2D eigenvalue weighted by atomic mass is 16.7. The molecule has 14 heavy (non-hydrogen) atoms. The van der Waals surface area contributed by atoms with Gasteiger partial charge in [0.05, 0.1) is 18.6 Å². The molecular weight excluding hydrogens is 182 g/mol. The highest BCUT2D eigenvalue weighted by Crippen LogP contribution is 2.16. The molecule has 0 atom stereocenters. The van der Waals surface area contributed by atoms with E-state index in [-0.39, 0.29) is 5.91 Å². The normalized spacial score (nSPS) is 18.4. The number of hydroxylamine groups is 2. The molecule has 1 amide bonds. The quantitative estimate of drug-likeness (QED) is 0.692. The maximum absolute atomic E-state index is 11.7. The summed E-state index contributed by atoms with van der Waals surface area (Å²) in [4.78, 5) is 17.0. The third-order valence-corrected chi connectivity index (χ3v) is 2.41. The molecule has 1 aliphatic heterocycles. The Morgan fingerprint density at radius 2 is 2.21 bits per heavy atom. The lowest BCUT2D eigenvalue weighted by Gasteiger charge is -2.29. The number of rotatable bonds is 3. The molecule has 0 radical (unpaired) electrons. The van der Waals surface area contributed by atoms with Gasteiger partial charge in [0, 0.05) is 13.7 Å². The SMILES string of the molecule is COC(C)(C)CC(=O)N1CCCCO1. The first-order chi connectivity index (χ1) is 6.55. The van der Waals surface area contributed by atoms with Crippen LogP contribution in [-0.4, -0.2) is 36.8 Å². The predicted molar refractivity (Wildman–Crippen MR) is 52.6 cm³/mol. The third kappa shape index (κ3) is 3.27. The van der Waals surface area contributed by atoms with Crippen molar-refractivity contribution in [3.8, 4) is 0 Å². The largest absolute Gasteiger partial charge is 0.378 e. The molecule has 0 aromatic carbocycles. The number of methoxy groups -OCH3 is 1. The molecule has 0 aromatic heterocycles. The molecule has 0 aliphatic carbocycles. The van der Waals surface area contributed by atoms with Crippen molar-refractivity contribution < 1.29 is 14.4 Å². The Kier molecular flexibility index (Phi) is 3.89. The molecule has 1 aliphatic rings. The van der Waals surface area contributed by atoms with Crippen LogP contribution in [-0.2, 0) is 14.4 Å². The van der Waals surface area contributed by atoms with Crippen molar-refractivity contribution in [1.82, 2.24) is 5.06 Å². The van der Waals surface area contributed by atoms with Gasteiger partial charge in [0.2, 0.25) is 5.91 Å². The fraction of sp³-hybridized carbons (Fsp3) is 0.900. The lowest BCUT2D eigenvalue weighted by atomic mass is 10.0. The molecule has 0 spiro atoms. The number of hydrogen-bond donors (Lipinski definition) is 0. The van der Waals surface area contributed by atoms with Crippen molar-refractivity contribution in [2.75, 3.05) is 20.3 Å². The van der Waals surface area contributed by atoms with E-state index in [9.17, 15) is 4.79 Å². The van der Waals surface area contributed by atoms with Gasteiger partial charge in [-0.05, 0) is 26.7 Å². The van der Waals surface area contributed by atoms with Crippen molar-refractivity contribution >= 4 is 5.91 Å². The van der Waals surface area contributed by atoms with E-state index in [0.29, 0.717) is 19.6 Å². The number of nitrogens with zero attached hydrogens (tertiary/aromatic N) is 1. The molecule has 4 heteroatoms. The highest BCUT2D eigenvalue weighted by molar-refractivity contribution is 5.76. The standard InChI is InChI=1S/C10H19NO3/c1-10(2,13-3)8-9(12)11-6-4-5-7-14-11/h4-8H2,1-3H3. The van der Waals surface area contributed by atoms with Crippen molar-refractivity contribution in [2.45, 2.75) is 38.7 Å². The van der Waals surface area contributed by atoms with Crippen LogP contribution in [0.4, 0.5) is 0 Å². The van der Waals surface area contributed by atoms with Crippen LogP contribution in [0.15, 0.2) is 0 Å². The van der Waals surface area contributed by atoms with Crippen LogP contribution >= 0.6 is 0 Å². The molecule has 4 nitrogen and oxygen atoms in total. The summed E-state index contributed by atoms with van der Waals surface area (Å²) in [6, 6.07) is 0. The van der Waals surface area contributed by atoms with E-state index >= 15 is 0 Å². The summed E-state index contributed by atoms with van der Waals surface area (Å²) in [5.74, 6) is 0.0107. The second-order valence-corrected chi connectivity index (χ2v) is 4.18. The van der Waals surface area contributed by atoms with Gasteiger partial charge >= 0.3 is 0 Å². The summed E-state index contributed by atoms with van der Waals surface area (Å²) < 4.78 is 5.20. The Hall–Kier alpha value is -0.610. The van der Waals surface area contributed by atoms with E-state index < -0.39 is 5.60 Å².